The second-order valence-corrected chi connectivity index (χ2v) is 8.52. The maximum absolute atomic E-state index is 10.9. The first-order valence-corrected chi connectivity index (χ1v) is 11.1. The van der Waals surface area contributed by atoms with Gasteiger partial charge in [-0.25, -0.2) is 0 Å². The molecule has 0 saturated heterocycles. The molecular weight excluding hydrogens is 382 g/mol. The molecule has 4 aromatic rings. The molecule has 31 heavy (non-hydrogen) atoms. The van der Waals surface area contributed by atoms with E-state index in [9.17, 15) is 5.11 Å². The summed E-state index contributed by atoms with van der Waals surface area (Å²) in [6.07, 6.45) is 3.47. The summed E-state index contributed by atoms with van der Waals surface area (Å²) in [5.74, 6) is 1.44. The van der Waals surface area contributed by atoms with E-state index in [1.807, 2.05) is 25.1 Å². The number of benzene rings is 3. The first-order valence-electron chi connectivity index (χ1n) is 11.1. The predicted octanol–water partition coefficient (Wildman–Crippen LogP) is 6.86. The lowest BCUT2D eigenvalue weighted by molar-refractivity contribution is 0.167. The summed E-state index contributed by atoms with van der Waals surface area (Å²) in [7, 11) is 0. The summed E-state index contributed by atoms with van der Waals surface area (Å²) in [6.45, 7) is 1.89. The molecule has 1 saturated carbocycles. The van der Waals surface area contributed by atoms with Gasteiger partial charge in [-0.2, -0.15) is 0 Å². The van der Waals surface area contributed by atoms with E-state index in [1.54, 1.807) is 0 Å². The highest BCUT2D eigenvalue weighted by atomic mass is 16.5. The molecule has 156 valence electrons. The van der Waals surface area contributed by atoms with Gasteiger partial charge in [0.05, 0.1) is 17.4 Å². The highest BCUT2D eigenvalue weighted by Gasteiger charge is 2.23. The molecule has 3 aromatic carbocycles. The van der Waals surface area contributed by atoms with E-state index in [0.29, 0.717) is 12.2 Å². The van der Waals surface area contributed by atoms with Crippen LogP contribution in [0.1, 0.15) is 53.7 Å². The Morgan fingerprint density at radius 2 is 1.48 bits per heavy atom. The van der Waals surface area contributed by atoms with Crippen LogP contribution in [-0.4, -0.2) is 10.3 Å². The molecule has 3 heteroatoms. The number of nitrogens with zero attached hydrogens (tertiary/aromatic N) is 1. The minimum atomic E-state index is -0.615. The van der Waals surface area contributed by atoms with E-state index in [-0.39, 0.29) is 0 Å². The molecule has 1 aliphatic carbocycles. The van der Waals surface area contributed by atoms with E-state index in [1.165, 1.54) is 35.1 Å². The van der Waals surface area contributed by atoms with Crippen molar-refractivity contribution in [1.82, 2.24) is 5.16 Å². The first kappa shape index (κ1) is 19.8. The van der Waals surface area contributed by atoms with Gasteiger partial charge in [-0.05, 0) is 60.8 Å². The number of aryl methyl sites for hydroxylation is 2. The van der Waals surface area contributed by atoms with Gasteiger partial charge in [-0.1, -0.05) is 84.0 Å². The van der Waals surface area contributed by atoms with Crippen molar-refractivity contribution in [3.05, 3.63) is 101 Å². The maximum Gasteiger partial charge on any atom is 0.172 e. The van der Waals surface area contributed by atoms with E-state index in [0.717, 1.165) is 29.2 Å². The summed E-state index contributed by atoms with van der Waals surface area (Å²) in [4.78, 5) is 0. The molecule has 0 bridgehead atoms. The Labute approximate surface area is 183 Å². The van der Waals surface area contributed by atoms with Gasteiger partial charge in [0.2, 0.25) is 0 Å². The van der Waals surface area contributed by atoms with Crippen LogP contribution < -0.4 is 0 Å². The van der Waals surface area contributed by atoms with Gasteiger partial charge in [0, 0.05) is 5.56 Å². The van der Waals surface area contributed by atoms with Gasteiger partial charge in [0.15, 0.2) is 5.76 Å². The Bertz CT molecular complexity index is 1140. The number of hydrogen-bond donors (Lipinski definition) is 1. The first-order chi connectivity index (χ1) is 15.2. The molecule has 3 nitrogen and oxygen atoms in total. The number of aliphatic hydroxyl groups excluding tert-OH is 1. The van der Waals surface area contributed by atoms with Crippen molar-refractivity contribution in [1.29, 1.82) is 0 Å². The molecular formula is C28H27NO2. The Morgan fingerprint density at radius 1 is 0.871 bits per heavy atom. The standard InChI is InChI=1S/C28H27NO2/c1-19-27(26(30)18-7-20-5-3-2-4-6-20)28(31-29-19)25-16-14-24(15-17-25)23-12-10-22(11-13-23)21-8-9-21/h2-6,10-17,21,26,30H,7-9,18H2,1H3. The second kappa shape index (κ2) is 8.52. The fraction of sp³-hybridized carbons (Fsp3) is 0.250. The Balaban J connectivity index is 1.34. The fourth-order valence-electron chi connectivity index (χ4n) is 4.25. The SMILES string of the molecule is Cc1noc(-c2ccc(-c3ccc(C4CC4)cc3)cc2)c1C(O)CCc1ccccc1. The third-order valence-corrected chi connectivity index (χ3v) is 6.23. The molecule has 1 heterocycles. The van der Waals surface area contributed by atoms with Crippen molar-refractivity contribution < 1.29 is 9.63 Å². The third kappa shape index (κ3) is 4.33. The van der Waals surface area contributed by atoms with Crippen LogP contribution in [-0.2, 0) is 6.42 Å². The fourth-order valence-corrected chi connectivity index (χ4v) is 4.25. The molecule has 1 aliphatic rings. The summed E-state index contributed by atoms with van der Waals surface area (Å²) in [5, 5.41) is 15.0. The maximum atomic E-state index is 10.9. The molecule has 1 N–H and O–H groups in total. The topological polar surface area (TPSA) is 46.3 Å². The van der Waals surface area contributed by atoms with Gasteiger partial charge < -0.3 is 9.63 Å². The van der Waals surface area contributed by atoms with Gasteiger partial charge in [-0.15, -0.1) is 0 Å². The highest BCUT2D eigenvalue weighted by molar-refractivity contribution is 5.70. The van der Waals surface area contributed by atoms with Crippen LogP contribution >= 0.6 is 0 Å². The molecule has 0 spiro atoms. The van der Waals surface area contributed by atoms with Crippen molar-refractivity contribution in [3.8, 4) is 22.5 Å². The third-order valence-electron chi connectivity index (χ3n) is 6.23. The smallest absolute Gasteiger partial charge is 0.172 e. The van der Waals surface area contributed by atoms with Crippen LogP contribution in [0.25, 0.3) is 22.5 Å². The Morgan fingerprint density at radius 3 is 2.13 bits per heavy atom. The van der Waals surface area contributed by atoms with Crippen LogP contribution in [0.4, 0.5) is 0 Å². The van der Waals surface area contributed by atoms with Crippen molar-refractivity contribution in [2.75, 3.05) is 0 Å². The second-order valence-electron chi connectivity index (χ2n) is 8.52. The van der Waals surface area contributed by atoms with Crippen molar-refractivity contribution in [2.45, 2.75) is 44.6 Å². The zero-order valence-electron chi connectivity index (χ0n) is 17.8. The lowest BCUT2D eigenvalue weighted by Crippen LogP contribution is -2.02. The van der Waals surface area contributed by atoms with Crippen LogP contribution in [0.15, 0.2) is 83.4 Å². The largest absolute Gasteiger partial charge is 0.388 e. The number of hydrogen-bond acceptors (Lipinski definition) is 3. The van der Waals surface area contributed by atoms with Crippen LogP contribution in [0, 0.1) is 6.92 Å². The van der Waals surface area contributed by atoms with Gasteiger partial charge in [0.25, 0.3) is 0 Å². The van der Waals surface area contributed by atoms with Crippen molar-refractivity contribution in [2.24, 2.45) is 0 Å². The molecule has 0 radical (unpaired) electrons. The van der Waals surface area contributed by atoms with E-state index < -0.39 is 6.10 Å². The Hall–Kier alpha value is -3.17. The minimum absolute atomic E-state index is 0.615. The number of rotatable bonds is 7. The molecule has 1 fully saturated rings. The Kier molecular flexibility index (Phi) is 5.44. The van der Waals surface area contributed by atoms with Crippen molar-refractivity contribution >= 4 is 0 Å². The molecule has 0 aliphatic heterocycles. The van der Waals surface area contributed by atoms with E-state index in [4.69, 9.17) is 4.52 Å². The van der Waals surface area contributed by atoms with Gasteiger partial charge in [0.1, 0.15) is 0 Å². The summed E-state index contributed by atoms with van der Waals surface area (Å²) in [5.41, 5.74) is 7.53. The predicted molar refractivity (Wildman–Crippen MR) is 124 cm³/mol. The summed E-state index contributed by atoms with van der Waals surface area (Å²) in [6, 6.07) is 27.5. The van der Waals surface area contributed by atoms with Crippen LogP contribution in [0.3, 0.4) is 0 Å². The lowest BCUT2D eigenvalue weighted by atomic mass is 9.96. The van der Waals surface area contributed by atoms with Crippen molar-refractivity contribution in [3.63, 3.8) is 0 Å². The number of aromatic nitrogens is 1. The average molecular weight is 410 g/mol. The highest BCUT2D eigenvalue weighted by Crippen LogP contribution is 2.40. The van der Waals surface area contributed by atoms with E-state index >= 15 is 0 Å². The lowest BCUT2D eigenvalue weighted by Gasteiger charge is -2.12. The monoisotopic (exact) mass is 409 g/mol. The minimum Gasteiger partial charge on any atom is -0.388 e. The number of aliphatic hydroxyl groups is 1. The zero-order chi connectivity index (χ0) is 21.2. The van der Waals surface area contributed by atoms with Gasteiger partial charge >= 0.3 is 0 Å². The van der Waals surface area contributed by atoms with E-state index in [2.05, 4.69) is 65.8 Å². The molecule has 5 rings (SSSR count). The van der Waals surface area contributed by atoms with Gasteiger partial charge in [-0.3, -0.25) is 0 Å². The molecule has 1 unspecified atom stereocenters. The zero-order valence-corrected chi connectivity index (χ0v) is 17.8. The average Bonchev–Trinajstić information content (AvgIpc) is 3.60. The van der Waals surface area contributed by atoms with Crippen LogP contribution in [0.5, 0.6) is 0 Å². The summed E-state index contributed by atoms with van der Waals surface area (Å²) < 4.78 is 5.64. The molecule has 1 atom stereocenters. The van der Waals surface area contributed by atoms with Crippen LogP contribution in [0.2, 0.25) is 0 Å². The normalized spacial score (nSPS) is 14.5. The molecule has 1 aromatic heterocycles. The molecule has 0 amide bonds. The summed E-state index contributed by atoms with van der Waals surface area (Å²) >= 11 is 0. The quantitative estimate of drug-likeness (QED) is 0.363.